The van der Waals surface area contributed by atoms with Crippen LogP contribution in [0.5, 0.6) is 0 Å². The van der Waals surface area contributed by atoms with Crippen molar-refractivity contribution in [3.63, 3.8) is 0 Å². The molecule has 5 unspecified atom stereocenters. The zero-order valence-corrected chi connectivity index (χ0v) is 16.7. The van der Waals surface area contributed by atoms with Gasteiger partial charge in [0.25, 0.3) is 0 Å². The Morgan fingerprint density at radius 3 is 2.27 bits per heavy atom. The smallest absolute Gasteiger partial charge is 0.342 e. The fraction of sp³-hybridized carbons (Fsp3) is 0.955. The number of hydrogen-bond acceptors (Lipinski definition) is 4. The Kier molecular flexibility index (Phi) is 3.83. The molecule has 0 spiro atoms. The van der Waals surface area contributed by atoms with Gasteiger partial charge in [0.05, 0.1) is 11.0 Å². The highest BCUT2D eigenvalue weighted by atomic mass is 17.2. The van der Waals surface area contributed by atoms with Gasteiger partial charge in [0.1, 0.15) is 0 Å². The molecule has 0 N–H and O–H groups in total. The minimum atomic E-state index is -0.516. The maximum atomic E-state index is 12.2. The third-order valence-corrected chi connectivity index (χ3v) is 9.07. The number of ether oxygens (including phenoxy) is 1. The number of carbonyl (C=O) groups excluding carboxylic acids is 1. The van der Waals surface area contributed by atoms with Crippen LogP contribution >= 0.6 is 0 Å². The molecule has 0 saturated heterocycles. The van der Waals surface area contributed by atoms with Crippen molar-refractivity contribution >= 4 is 5.97 Å². The lowest BCUT2D eigenvalue weighted by Gasteiger charge is -2.74. The summed E-state index contributed by atoms with van der Waals surface area (Å²) in [7, 11) is 0. The van der Waals surface area contributed by atoms with E-state index >= 15 is 0 Å². The largest absolute Gasteiger partial charge is 0.347 e. The highest BCUT2D eigenvalue weighted by molar-refractivity contribution is 5.75. The average Bonchev–Trinajstić information content (AvgIpc) is 2.63. The molecule has 7 aliphatic rings. The summed E-state index contributed by atoms with van der Waals surface area (Å²) >= 11 is 0. The van der Waals surface area contributed by atoms with E-state index in [4.69, 9.17) is 14.5 Å². The van der Waals surface area contributed by atoms with Gasteiger partial charge in [-0.2, -0.15) is 4.89 Å². The molecule has 0 aromatic heterocycles. The van der Waals surface area contributed by atoms with E-state index in [0.29, 0.717) is 11.8 Å². The molecule has 7 rings (SSSR count). The van der Waals surface area contributed by atoms with Gasteiger partial charge < -0.3 is 4.74 Å². The van der Waals surface area contributed by atoms with Crippen LogP contribution in [0, 0.1) is 46.8 Å². The second kappa shape index (κ2) is 5.70. The third-order valence-electron chi connectivity index (χ3n) is 9.07. The van der Waals surface area contributed by atoms with Gasteiger partial charge in [0.15, 0.2) is 0 Å². The minimum absolute atomic E-state index is 0.00395. The summed E-state index contributed by atoms with van der Waals surface area (Å²) in [6, 6.07) is 0. The summed E-state index contributed by atoms with van der Waals surface area (Å²) in [6.07, 6.45) is 8.52. The van der Waals surface area contributed by atoms with Crippen molar-refractivity contribution in [1.82, 2.24) is 0 Å². The number of carbonyl (C=O) groups is 1. The Bertz CT molecular complexity index is 575. The van der Waals surface area contributed by atoms with E-state index in [2.05, 4.69) is 0 Å². The molecule has 4 nitrogen and oxygen atoms in total. The van der Waals surface area contributed by atoms with Crippen LogP contribution in [0.4, 0.5) is 0 Å². The zero-order chi connectivity index (χ0) is 18.3. The predicted octanol–water partition coefficient (Wildman–Crippen LogP) is 4.72. The van der Waals surface area contributed by atoms with E-state index in [0.717, 1.165) is 36.0 Å². The summed E-state index contributed by atoms with van der Waals surface area (Å²) in [6.45, 7) is 7.67. The van der Waals surface area contributed by atoms with Gasteiger partial charge in [0, 0.05) is 0 Å². The van der Waals surface area contributed by atoms with Gasteiger partial charge in [-0.25, -0.2) is 4.79 Å². The topological polar surface area (TPSA) is 44.8 Å². The van der Waals surface area contributed by atoms with Crippen molar-refractivity contribution < 1.29 is 19.3 Å². The fourth-order valence-corrected chi connectivity index (χ4v) is 7.79. The van der Waals surface area contributed by atoms with Crippen molar-refractivity contribution in [2.75, 3.05) is 0 Å². The SMILES string of the molecule is CCC(C)(C)C(=O)OOC(C)OC12CC3CC4C5CC(CC41)CC2C5C3. The zero-order valence-electron chi connectivity index (χ0n) is 16.7. The molecule has 4 heteroatoms. The molecular weight excluding hydrogens is 328 g/mol. The number of rotatable bonds is 6. The summed E-state index contributed by atoms with van der Waals surface area (Å²) < 4.78 is 6.68. The Hall–Kier alpha value is -0.610. The first-order chi connectivity index (χ1) is 12.3. The fourth-order valence-electron chi connectivity index (χ4n) is 7.79. The molecule has 0 radical (unpaired) electrons. The van der Waals surface area contributed by atoms with Crippen molar-refractivity contribution in [3.05, 3.63) is 0 Å². The second-order valence-corrected chi connectivity index (χ2v) is 10.7. The van der Waals surface area contributed by atoms with E-state index in [1.54, 1.807) is 0 Å². The molecule has 0 aliphatic heterocycles. The van der Waals surface area contributed by atoms with Gasteiger partial charge >= 0.3 is 5.97 Å². The molecule has 0 aromatic carbocycles. The van der Waals surface area contributed by atoms with Gasteiger partial charge in [-0.15, -0.1) is 0 Å². The van der Waals surface area contributed by atoms with Gasteiger partial charge in [-0.05, 0) is 107 Å². The Labute approximate surface area is 157 Å². The molecular formula is C22H34O4. The molecule has 5 atom stereocenters. The van der Waals surface area contributed by atoms with Crippen LogP contribution in [0.2, 0.25) is 0 Å². The van der Waals surface area contributed by atoms with Gasteiger partial charge in [-0.1, -0.05) is 6.92 Å². The molecule has 7 aliphatic carbocycles. The molecule has 7 fully saturated rings. The Morgan fingerprint density at radius 1 is 1.04 bits per heavy atom. The maximum Gasteiger partial charge on any atom is 0.347 e. The highest BCUT2D eigenvalue weighted by Gasteiger charge is 2.71. The first-order valence-electron chi connectivity index (χ1n) is 10.9. The van der Waals surface area contributed by atoms with E-state index in [1.165, 1.54) is 38.5 Å². The molecule has 7 saturated carbocycles. The maximum absolute atomic E-state index is 12.2. The van der Waals surface area contributed by atoms with Gasteiger partial charge in [0.2, 0.25) is 6.29 Å². The van der Waals surface area contributed by atoms with Gasteiger partial charge in [-0.3, -0.25) is 4.89 Å². The lowest BCUT2D eigenvalue weighted by molar-refractivity contribution is -0.405. The normalized spacial score (nSPS) is 48.8. The monoisotopic (exact) mass is 362 g/mol. The van der Waals surface area contributed by atoms with E-state index in [1.807, 2.05) is 27.7 Å². The van der Waals surface area contributed by atoms with Crippen molar-refractivity contribution in [1.29, 1.82) is 0 Å². The quantitative estimate of drug-likeness (QED) is 0.390. The minimum Gasteiger partial charge on any atom is -0.342 e. The van der Waals surface area contributed by atoms with Crippen LogP contribution in [0.25, 0.3) is 0 Å². The summed E-state index contributed by atoms with van der Waals surface area (Å²) in [5.41, 5.74) is -0.520. The molecule has 146 valence electrons. The van der Waals surface area contributed by atoms with E-state index in [9.17, 15) is 4.79 Å². The Morgan fingerprint density at radius 2 is 1.65 bits per heavy atom. The predicted molar refractivity (Wildman–Crippen MR) is 96.7 cm³/mol. The second-order valence-electron chi connectivity index (χ2n) is 10.7. The molecule has 0 heterocycles. The average molecular weight is 363 g/mol. The van der Waals surface area contributed by atoms with Crippen LogP contribution in [0.3, 0.4) is 0 Å². The van der Waals surface area contributed by atoms with Crippen LogP contribution < -0.4 is 0 Å². The lowest BCUT2D eigenvalue weighted by Crippen LogP contribution is -2.72. The lowest BCUT2D eigenvalue weighted by atomic mass is 9.34. The van der Waals surface area contributed by atoms with E-state index < -0.39 is 11.7 Å². The summed E-state index contributed by atoms with van der Waals surface area (Å²) in [5.74, 6) is 5.65. The third kappa shape index (κ3) is 2.30. The first kappa shape index (κ1) is 17.5. The van der Waals surface area contributed by atoms with Crippen molar-refractivity contribution in [2.45, 2.75) is 84.5 Å². The highest BCUT2D eigenvalue weighted by Crippen LogP contribution is 2.73. The molecule has 8 bridgehead atoms. The molecule has 0 aromatic rings. The summed E-state index contributed by atoms with van der Waals surface area (Å²) in [4.78, 5) is 22.8. The van der Waals surface area contributed by atoms with Crippen LogP contribution in [-0.2, 0) is 19.3 Å². The van der Waals surface area contributed by atoms with Crippen LogP contribution in [0.15, 0.2) is 0 Å². The van der Waals surface area contributed by atoms with Crippen molar-refractivity contribution in [2.24, 2.45) is 46.8 Å². The Balaban J connectivity index is 1.30. The summed E-state index contributed by atoms with van der Waals surface area (Å²) in [5, 5.41) is 0. The van der Waals surface area contributed by atoms with Crippen molar-refractivity contribution in [3.8, 4) is 0 Å². The van der Waals surface area contributed by atoms with E-state index in [-0.39, 0.29) is 11.6 Å². The number of hydrogen-bond donors (Lipinski definition) is 0. The standard InChI is InChI=1S/C22H34O4/c1-5-21(3,4)20(23)26-25-12(2)24-22-11-14-7-16-15-6-13(9-18(16)22)10-19(22)17(15)8-14/h12-19H,5-11H2,1-4H3. The first-order valence-corrected chi connectivity index (χ1v) is 10.9. The van der Waals surface area contributed by atoms with Crippen LogP contribution in [0.1, 0.15) is 72.6 Å². The molecule has 26 heavy (non-hydrogen) atoms. The van der Waals surface area contributed by atoms with Crippen LogP contribution in [-0.4, -0.2) is 17.9 Å². The molecule has 0 amide bonds.